The summed E-state index contributed by atoms with van der Waals surface area (Å²) in [7, 11) is 0. The second kappa shape index (κ2) is 6.48. The van der Waals surface area contributed by atoms with Gasteiger partial charge in [0.15, 0.2) is 0 Å². The summed E-state index contributed by atoms with van der Waals surface area (Å²) in [5, 5.41) is 3.60. The predicted molar refractivity (Wildman–Crippen MR) is 87.9 cm³/mol. The largest absolute Gasteiger partial charge is 0.366 e. The Morgan fingerprint density at radius 3 is 2.82 bits per heavy atom. The second-order valence-electron chi connectivity index (χ2n) is 6.19. The number of nitrogens with one attached hydrogen (secondary N) is 2. The van der Waals surface area contributed by atoms with Crippen LogP contribution in [0.1, 0.15) is 61.1 Å². The number of carbonyl (C=O) groups excluding carboxylic acids is 1. The van der Waals surface area contributed by atoms with Crippen molar-refractivity contribution in [2.75, 3.05) is 6.54 Å². The smallest absolute Gasteiger partial charge is 0.250 e. The molecule has 0 saturated heterocycles. The van der Waals surface area contributed by atoms with E-state index < -0.39 is 5.91 Å². The average Bonchev–Trinajstić information content (AvgIpc) is 2.97. The van der Waals surface area contributed by atoms with E-state index in [1.807, 2.05) is 12.1 Å². The number of hydrogen-bond acceptors (Lipinski definition) is 3. The first-order valence-electron chi connectivity index (χ1n) is 8.21. The number of imidazole rings is 1. The first kappa shape index (κ1) is 15.0. The number of nitrogens with zero attached hydrogens (tertiary/aromatic N) is 1. The van der Waals surface area contributed by atoms with Crippen LogP contribution in [0.3, 0.4) is 0 Å². The van der Waals surface area contributed by atoms with Gasteiger partial charge in [-0.05, 0) is 50.8 Å². The minimum Gasteiger partial charge on any atom is -0.366 e. The van der Waals surface area contributed by atoms with Crippen LogP contribution in [0.2, 0.25) is 0 Å². The summed E-state index contributed by atoms with van der Waals surface area (Å²) in [6.07, 6.45) is 5.81. The number of fused-ring (bicyclic) bond motifs is 1. The molecule has 0 spiro atoms. The molecule has 3 rings (SSSR count). The maximum Gasteiger partial charge on any atom is 0.250 e. The number of amides is 1. The number of H-pyrrole nitrogens is 1. The standard InChI is InChI=1S/C17H24N4O/c1-2-10-19-12-8-6-11(7-9-12)17-20-14-5-3-4-13(16(18)22)15(14)21-17/h3-5,11-12,19H,2,6-10H2,1H3,(H2,18,22)(H,20,21)/t11-,12-. The number of carbonyl (C=O) groups is 1. The summed E-state index contributed by atoms with van der Waals surface area (Å²) < 4.78 is 0. The quantitative estimate of drug-likeness (QED) is 0.793. The van der Waals surface area contributed by atoms with Crippen LogP contribution in [-0.2, 0) is 0 Å². The van der Waals surface area contributed by atoms with Crippen molar-refractivity contribution in [3.8, 4) is 0 Å². The maximum absolute atomic E-state index is 11.5. The fourth-order valence-corrected chi connectivity index (χ4v) is 3.37. The molecule has 1 heterocycles. The molecule has 1 saturated carbocycles. The lowest BCUT2D eigenvalue weighted by molar-refractivity contribution is 0.100. The molecule has 1 aromatic carbocycles. The van der Waals surface area contributed by atoms with E-state index in [2.05, 4.69) is 22.2 Å². The Bertz CT molecular complexity index is 656. The molecule has 5 nitrogen and oxygen atoms in total. The molecule has 1 aliphatic rings. The lowest BCUT2D eigenvalue weighted by atomic mass is 9.85. The fraction of sp³-hybridized carbons (Fsp3) is 0.529. The molecule has 1 amide bonds. The van der Waals surface area contributed by atoms with Crippen molar-refractivity contribution in [1.29, 1.82) is 0 Å². The number of hydrogen-bond donors (Lipinski definition) is 3. The van der Waals surface area contributed by atoms with E-state index in [0.29, 0.717) is 17.5 Å². The summed E-state index contributed by atoms with van der Waals surface area (Å²) in [5.74, 6) is 1.04. The molecule has 0 radical (unpaired) electrons. The van der Waals surface area contributed by atoms with Crippen LogP contribution < -0.4 is 11.1 Å². The molecule has 118 valence electrons. The van der Waals surface area contributed by atoms with Crippen molar-refractivity contribution >= 4 is 16.9 Å². The van der Waals surface area contributed by atoms with Gasteiger partial charge in [0.1, 0.15) is 5.82 Å². The lowest BCUT2D eigenvalue weighted by Crippen LogP contribution is -2.33. The lowest BCUT2D eigenvalue weighted by Gasteiger charge is -2.28. The van der Waals surface area contributed by atoms with E-state index in [1.54, 1.807) is 6.07 Å². The monoisotopic (exact) mass is 300 g/mol. The van der Waals surface area contributed by atoms with E-state index >= 15 is 0 Å². The van der Waals surface area contributed by atoms with Gasteiger partial charge in [0, 0.05) is 12.0 Å². The zero-order valence-corrected chi connectivity index (χ0v) is 13.1. The summed E-state index contributed by atoms with van der Waals surface area (Å²) in [5.41, 5.74) is 7.57. The summed E-state index contributed by atoms with van der Waals surface area (Å²) >= 11 is 0. The zero-order chi connectivity index (χ0) is 15.5. The highest BCUT2D eigenvalue weighted by molar-refractivity contribution is 6.04. The molecule has 1 fully saturated rings. The molecule has 5 heteroatoms. The minimum atomic E-state index is -0.409. The van der Waals surface area contributed by atoms with Crippen LogP contribution in [0.25, 0.3) is 11.0 Å². The van der Waals surface area contributed by atoms with Gasteiger partial charge in [-0.3, -0.25) is 4.79 Å². The third-order valence-electron chi connectivity index (χ3n) is 4.60. The third-order valence-corrected chi connectivity index (χ3v) is 4.60. The summed E-state index contributed by atoms with van der Waals surface area (Å²) in [4.78, 5) is 19.5. The van der Waals surface area contributed by atoms with E-state index in [4.69, 9.17) is 5.73 Å². The Kier molecular flexibility index (Phi) is 4.43. The number of para-hydroxylation sites is 1. The minimum absolute atomic E-state index is 0.409. The van der Waals surface area contributed by atoms with Gasteiger partial charge in [0.05, 0.1) is 16.6 Å². The van der Waals surface area contributed by atoms with Crippen molar-refractivity contribution in [2.45, 2.75) is 51.0 Å². The molecule has 2 aromatic rings. The SMILES string of the molecule is CCCN[C@H]1CC[C@H](c2nc3cccc(C(N)=O)c3[nH]2)CC1. The van der Waals surface area contributed by atoms with Crippen molar-refractivity contribution < 1.29 is 4.79 Å². The topological polar surface area (TPSA) is 83.8 Å². The number of aromatic nitrogens is 2. The van der Waals surface area contributed by atoms with Gasteiger partial charge in [-0.15, -0.1) is 0 Å². The molecule has 1 aliphatic carbocycles. The highest BCUT2D eigenvalue weighted by Gasteiger charge is 2.24. The predicted octanol–water partition coefficient (Wildman–Crippen LogP) is 2.69. The highest BCUT2D eigenvalue weighted by atomic mass is 16.1. The second-order valence-corrected chi connectivity index (χ2v) is 6.19. The Morgan fingerprint density at radius 1 is 1.36 bits per heavy atom. The Hall–Kier alpha value is -1.88. The van der Waals surface area contributed by atoms with Gasteiger partial charge in [-0.1, -0.05) is 13.0 Å². The maximum atomic E-state index is 11.5. The molecular weight excluding hydrogens is 276 g/mol. The van der Waals surface area contributed by atoms with Gasteiger partial charge in [-0.2, -0.15) is 0 Å². The normalized spacial score (nSPS) is 22.0. The van der Waals surface area contributed by atoms with Crippen LogP contribution in [0, 0.1) is 0 Å². The van der Waals surface area contributed by atoms with Crippen molar-refractivity contribution in [1.82, 2.24) is 15.3 Å². The van der Waals surface area contributed by atoms with Crippen molar-refractivity contribution in [3.05, 3.63) is 29.6 Å². The Labute approximate surface area is 130 Å². The van der Waals surface area contributed by atoms with Crippen LogP contribution in [-0.4, -0.2) is 28.5 Å². The summed E-state index contributed by atoms with van der Waals surface area (Å²) in [6, 6.07) is 6.15. The van der Waals surface area contributed by atoms with E-state index in [1.165, 1.54) is 19.3 Å². The molecule has 0 bridgehead atoms. The van der Waals surface area contributed by atoms with Crippen LogP contribution in [0.5, 0.6) is 0 Å². The fourth-order valence-electron chi connectivity index (χ4n) is 3.37. The summed E-state index contributed by atoms with van der Waals surface area (Å²) in [6.45, 7) is 3.30. The number of benzene rings is 1. The van der Waals surface area contributed by atoms with Gasteiger partial charge in [0.25, 0.3) is 5.91 Å². The van der Waals surface area contributed by atoms with Crippen LogP contribution in [0.4, 0.5) is 0 Å². The first-order valence-corrected chi connectivity index (χ1v) is 8.21. The molecule has 22 heavy (non-hydrogen) atoms. The van der Waals surface area contributed by atoms with Gasteiger partial charge in [0.2, 0.25) is 0 Å². The molecule has 0 unspecified atom stereocenters. The van der Waals surface area contributed by atoms with Crippen LogP contribution >= 0.6 is 0 Å². The molecular formula is C17H24N4O. The molecule has 0 atom stereocenters. The van der Waals surface area contributed by atoms with Gasteiger partial charge < -0.3 is 16.0 Å². The van der Waals surface area contributed by atoms with E-state index in [9.17, 15) is 4.79 Å². The van der Waals surface area contributed by atoms with Gasteiger partial charge in [-0.25, -0.2) is 4.98 Å². The average molecular weight is 300 g/mol. The zero-order valence-electron chi connectivity index (χ0n) is 13.1. The molecule has 0 aliphatic heterocycles. The van der Waals surface area contributed by atoms with Crippen LogP contribution in [0.15, 0.2) is 18.2 Å². The number of primary amides is 1. The molecule has 1 aromatic heterocycles. The Balaban J connectivity index is 1.75. The number of nitrogens with two attached hydrogens (primary N) is 1. The Morgan fingerprint density at radius 2 is 2.14 bits per heavy atom. The van der Waals surface area contributed by atoms with Gasteiger partial charge >= 0.3 is 0 Å². The van der Waals surface area contributed by atoms with Crippen molar-refractivity contribution in [3.63, 3.8) is 0 Å². The number of aromatic amines is 1. The van der Waals surface area contributed by atoms with Crippen molar-refractivity contribution in [2.24, 2.45) is 5.73 Å². The molecule has 4 N–H and O–H groups in total. The third kappa shape index (κ3) is 2.99. The first-order chi connectivity index (χ1) is 10.7. The highest BCUT2D eigenvalue weighted by Crippen LogP contribution is 2.32. The van der Waals surface area contributed by atoms with E-state index in [0.717, 1.165) is 36.2 Å². The van der Waals surface area contributed by atoms with E-state index in [-0.39, 0.29) is 0 Å². The number of rotatable bonds is 5.